The van der Waals surface area contributed by atoms with E-state index in [9.17, 15) is 9.59 Å². The van der Waals surface area contributed by atoms with E-state index in [2.05, 4.69) is 10.6 Å². The van der Waals surface area contributed by atoms with Gasteiger partial charge in [0.15, 0.2) is 0 Å². The largest absolute Gasteiger partial charge is 0.345 e. The van der Waals surface area contributed by atoms with E-state index in [4.69, 9.17) is 11.6 Å². The Hall–Kier alpha value is -1.55. The van der Waals surface area contributed by atoms with Crippen LogP contribution >= 0.6 is 11.6 Å². The first-order chi connectivity index (χ1) is 7.16. The van der Waals surface area contributed by atoms with Crippen LogP contribution < -0.4 is 10.6 Å². The van der Waals surface area contributed by atoms with Gasteiger partial charge in [0.2, 0.25) is 0 Å². The van der Waals surface area contributed by atoms with Crippen molar-refractivity contribution in [3.05, 3.63) is 34.9 Å². The van der Waals surface area contributed by atoms with Gasteiger partial charge in [-0.05, 0) is 17.7 Å². The Morgan fingerprint density at radius 3 is 2.40 bits per heavy atom. The quantitative estimate of drug-likeness (QED) is 0.688. The second-order valence-corrected chi connectivity index (χ2v) is 3.72. The Balaban J connectivity index is 2.15. The maximum Gasteiger partial charge on any atom is 0.309 e. The molecular weight excluding hydrogens is 216 g/mol. The Bertz CT molecular complexity index is 402. The summed E-state index contributed by atoms with van der Waals surface area (Å²) in [7, 11) is 0. The van der Waals surface area contributed by atoms with Crippen molar-refractivity contribution in [2.75, 3.05) is 6.54 Å². The van der Waals surface area contributed by atoms with Crippen molar-refractivity contribution in [3.63, 3.8) is 0 Å². The number of benzene rings is 1. The number of carbonyl (C=O) groups is 2. The van der Waals surface area contributed by atoms with Gasteiger partial charge in [0, 0.05) is 11.6 Å². The fourth-order valence-electron chi connectivity index (χ4n) is 1.45. The predicted octanol–water partition coefficient (Wildman–Crippen LogP) is 0.627. The van der Waals surface area contributed by atoms with E-state index < -0.39 is 11.8 Å². The van der Waals surface area contributed by atoms with Gasteiger partial charge >= 0.3 is 11.8 Å². The lowest BCUT2D eigenvalue weighted by molar-refractivity contribution is -0.141. The van der Waals surface area contributed by atoms with Gasteiger partial charge in [-0.2, -0.15) is 0 Å². The molecule has 5 heteroatoms. The molecule has 1 aromatic rings. The van der Waals surface area contributed by atoms with E-state index in [1.54, 1.807) is 12.1 Å². The van der Waals surface area contributed by atoms with Crippen LogP contribution in [-0.4, -0.2) is 18.4 Å². The lowest BCUT2D eigenvalue weighted by Gasteiger charge is -2.23. The molecule has 1 aliphatic rings. The molecule has 1 saturated heterocycles. The molecule has 4 nitrogen and oxygen atoms in total. The van der Waals surface area contributed by atoms with Crippen LogP contribution in [-0.2, 0) is 9.59 Å². The van der Waals surface area contributed by atoms with E-state index in [1.165, 1.54) is 0 Å². The van der Waals surface area contributed by atoms with Crippen molar-refractivity contribution >= 4 is 23.4 Å². The number of carbonyl (C=O) groups excluding carboxylic acids is 2. The van der Waals surface area contributed by atoms with Crippen LogP contribution in [0.25, 0.3) is 0 Å². The van der Waals surface area contributed by atoms with Crippen molar-refractivity contribution in [2.24, 2.45) is 0 Å². The Morgan fingerprint density at radius 2 is 1.80 bits per heavy atom. The molecule has 0 saturated carbocycles. The molecule has 2 amide bonds. The van der Waals surface area contributed by atoms with Crippen LogP contribution in [0.4, 0.5) is 0 Å². The molecule has 0 aliphatic carbocycles. The predicted molar refractivity (Wildman–Crippen MR) is 55.3 cm³/mol. The summed E-state index contributed by atoms with van der Waals surface area (Å²) in [6.45, 7) is 0.409. The van der Waals surface area contributed by atoms with E-state index in [1.807, 2.05) is 12.1 Å². The lowest BCUT2D eigenvalue weighted by Crippen LogP contribution is -2.51. The van der Waals surface area contributed by atoms with Gasteiger partial charge < -0.3 is 10.6 Å². The fraction of sp³-hybridized carbons (Fsp3) is 0.200. The van der Waals surface area contributed by atoms with Crippen LogP contribution in [0.2, 0.25) is 5.02 Å². The van der Waals surface area contributed by atoms with Gasteiger partial charge in [-0.1, -0.05) is 23.7 Å². The summed E-state index contributed by atoms with van der Waals surface area (Å²) in [6.07, 6.45) is 0. The van der Waals surface area contributed by atoms with Crippen molar-refractivity contribution < 1.29 is 9.59 Å². The van der Waals surface area contributed by atoms with Gasteiger partial charge in [0.05, 0.1) is 6.04 Å². The highest BCUT2D eigenvalue weighted by molar-refractivity contribution is 6.35. The molecule has 1 aromatic carbocycles. The third kappa shape index (κ3) is 2.10. The van der Waals surface area contributed by atoms with E-state index in [-0.39, 0.29) is 6.04 Å². The molecule has 1 fully saturated rings. The number of halogens is 1. The summed E-state index contributed by atoms with van der Waals surface area (Å²) >= 11 is 5.75. The fourth-order valence-corrected chi connectivity index (χ4v) is 1.57. The smallest absolute Gasteiger partial charge is 0.309 e. The van der Waals surface area contributed by atoms with Gasteiger partial charge in [-0.15, -0.1) is 0 Å². The molecule has 1 aliphatic heterocycles. The van der Waals surface area contributed by atoms with Crippen LogP contribution in [0.1, 0.15) is 11.6 Å². The minimum Gasteiger partial charge on any atom is -0.345 e. The molecule has 1 unspecified atom stereocenters. The highest BCUT2D eigenvalue weighted by atomic mass is 35.5. The Kier molecular flexibility index (Phi) is 2.60. The highest BCUT2D eigenvalue weighted by Gasteiger charge is 2.25. The molecular formula is C10H9ClN2O2. The van der Waals surface area contributed by atoms with Gasteiger partial charge in [-0.25, -0.2) is 0 Å². The molecule has 2 N–H and O–H groups in total. The molecule has 0 radical (unpaired) electrons. The summed E-state index contributed by atoms with van der Waals surface area (Å²) in [5.41, 5.74) is 0.924. The molecule has 78 valence electrons. The first kappa shape index (κ1) is 9.98. The van der Waals surface area contributed by atoms with Crippen molar-refractivity contribution in [3.8, 4) is 0 Å². The van der Waals surface area contributed by atoms with Crippen molar-refractivity contribution in [2.45, 2.75) is 6.04 Å². The minimum atomic E-state index is -0.596. The third-order valence-electron chi connectivity index (χ3n) is 2.25. The molecule has 1 atom stereocenters. The number of piperazine rings is 1. The average Bonchev–Trinajstić information content (AvgIpc) is 2.23. The zero-order valence-electron chi connectivity index (χ0n) is 7.79. The van der Waals surface area contributed by atoms with Crippen molar-refractivity contribution in [1.82, 2.24) is 10.6 Å². The third-order valence-corrected chi connectivity index (χ3v) is 2.50. The topological polar surface area (TPSA) is 58.2 Å². The SMILES string of the molecule is O=C1NCC(c2ccc(Cl)cc2)NC1=O. The van der Waals surface area contributed by atoms with Gasteiger partial charge in [-0.3, -0.25) is 9.59 Å². The average molecular weight is 225 g/mol. The monoisotopic (exact) mass is 224 g/mol. The maximum absolute atomic E-state index is 11.1. The first-order valence-corrected chi connectivity index (χ1v) is 4.89. The number of rotatable bonds is 1. The van der Waals surface area contributed by atoms with E-state index >= 15 is 0 Å². The molecule has 1 heterocycles. The van der Waals surface area contributed by atoms with Crippen LogP contribution in [0, 0.1) is 0 Å². The zero-order valence-corrected chi connectivity index (χ0v) is 8.54. The number of hydrogen-bond acceptors (Lipinski definition) is 2. The van der Waals surface area contributed by atoms with Gasteiger partial charge in [0.25, 0.3) is 0 Å². The van der Waals surface area contributed by atoms with E-state index in [0.717, 1.165) is 5.56 Å². The Labute approximate surface area is 91.6 Å². The van der Waals surface area contributed by atoms with Crippen molar-refractivity contribution in [1.29, 1.82) is 0 Å². The normalized spacial score (nSPS) is 20.7. The van der Waals surface area contributed by atoms with E-state index in [0.29, 0.717) is 11.6 Å². The second kappa shape index (κ2) is 3.90. The number of nitrogens with one attached hydrogen (secondary N) is 2. The summed E-state index contributed by atoms with van der Waals surface area (Å²) < 4.78 is 0. The van der Waals surface area contributed by atoms with Crippen LogP contribution in [0.15, 0.2) is 24.3 Å². The second-order valence-electron chi connectivity index (χ2n) is 3.29. The maximum atomic E-state index is 11.1. The summed E-state index contributed by atoms with van der Waals surface area (Å²) in [5, 5.41) is 5.76. The summed E-state index contributed by atoms with van der Waals surface area (Å²) in [6, 6.07) is 6.97. The van der Waals surface area contributed by atoms with Crippen LogP contribution in [0.5, 0.6) is 0 Å². The minimum absolute atomic E-state index is 0.174. The highest BCUT2D eigenvalue weighted by Crippen LogP contribution is 2.17. The molecule has 2 rings (SSSR count). The van der Waals surface area contributed by atoms with Crippen LogP contribution in [0.3, 0.4) is 0 Å². The van der Waals surface area contributed by atoms with Gasteiger partial charge in [0.1, 0.15) is 0 Å². The molecule has 0 aromatic heterocycles. The Morgan fingerprint density at radius 1 is 1.13 bits per heavy atom. The zero-order chi connectivity index (χ0) is 10.8. The number of amides is 2. The molecule has 15 heavy (non-hydrogen) atoms. The first-order valence-electron chi connectivity index (χ1n) is 4.51. The number of hydrogen-bond donors (Lipinski definition) is 2. The molecule has 0 bridgehead atoms. The summed E-state index contributed by atoms with van der Waals surface area (Å²) in [4.78, 5) is 22.0. The standard InChI is InChI=1S/C10H9ClN2O2/c11-7-3-1-6(2-4-7)8-5-12-9(14)10(15)13-8/h1-4,8H,5H2,(H,12,14)(H,13,15). The lowest BCUT2D eigenvalue weighted by atomic mass is 10.1. The molecule has 0 spiro atoms. The summed E-state index contributed by atoms with van der Waals surface area (Å²) in [5.74, 6) is -1.18.